The molecule has 1 aliphatic carbocycles. The molecular formula is C34H37NO3. The van der Waals surface area contributed by atoms with Crippen molar-refractivity contribution in [3.05, 3.63) is 112 Å². The molecule has 4 heteroatoms. The van der Waals surface area contributed by atoms with Crippen molar-refractivity contribution in [1.29, 1.82) is 0 Å². The highest BCUT2D eigenvalue weighted by Crippen LogP contribution is 2.38. The van der Waals surface area contributed by atoms with Gasteiger partial charge in [0.25, 0.3) is 0 Å². The molecular weight excluding hydrogens is 470 g/mol. The van der Waals surface area contributed by atoms with Crippen LogP contribution in [0.3, 0.4) is 0 Å². The number of rotatable bonds is 7. The van der Waals surface area contributed by atoms with Gasteiger partial charge in [-0.3, -0.25) is 9.59 Å². The number of ketones is 1. The van der Waals surface area contributed by atoms with Crippen LogP contribution in [0.5, 0.6) is 0 Å². The number of carbonyl (C=O) groups is 2. The molecule has 4 nitrogen and oxygen atoms in total. The molecule has 3 aromatic rings. The van der Waals surface area contributed by atoms with Gasteiger partial charge in [-0.25, -0.2) is 0 Å². The highest BCUT2D eigenvalue weighted by Gasteiger charge is 2.29. The monoisotopic (exact) mass is 507 g/mol. The molecule has 196 valence electrons. The van der Waals surface area contributed by atoms with E-state index in [2.05, 4.69) is 53.4 Å². The molecule has 1 fully saturated rings. The molecule has 3 aromatic carbocycles. The third-order valence-corrected chi connectivity index (χ3v) is 8.39. The summed E-state index contributed by atoms with van der Waals surface area (Å²) in [6, 6.07) is 24.9. The predicted octanol–water partition coefficient (Wildman–Crippen LogP) is 6.71. The van der Waals surface area contributed by atoms with Gasteiger partial charge in [0.15, 0.2) is 5.78 Å². The Labute approximate surface area is 226 Å². The summed E-state index contributed by atoms with van der Waals surface area (Å²) in [5.74, 6) is -0.750. The van der Waals surface area contributed by atoms with E-state index >= 15 is 0 Å². The summed E-state index contributed by atoms with van der Waals surface area (Å²) in [6.45, 7) is 6.33. The molecule has 0 amide bonds. The first-order chi connectivity index (χ1) is 18.3. The summed E-state index contributed by atoms with van der Waals surface area (Å²) < 4.78 is 0. The highest BCUT2D eigenvalue weighted by atomic mass is 16.4. The van der Waals surface area contributed by atoms with Crippen molar-refractivity contribution >= 4 is 17.3 Å². The summed E-state index contributed by atoms with van der Waals surface area (Å²) >= 11 is 0. The van der Waals surface area contributed by atoms with Gasteiger partial charge in [-0.05, 0) is 85.9 Å². The summed E-state index contributed by atoms with van der Waals surface area (Å²) in [5.41, 5.74) is 9.13. The lowest BCUT2D eigenvalue weighted by Gasteiger charge is -2.30. The molecule has 1 N–H and O–H groups in total. The summed E-state index contributed by atoms with van der Waals surface area (Å²) in [7, 11) is 0. The van der Waals surface area contributed by atoms with E-state index in [-0.39, 0.29) is 5.78 Å². The number of Topliss-reactive ketones (excluding diaryl/α,β-unsaturated/α-hetero) is 1. The molecule has 5 rings (SSSR count). The van der Waals surface area contributed by atoms with Gasteiger partial charge in [-0.2, -0.15) is 0 Å². The van der Waals surface area contributed by atoms with E-state index in [1.165, 1.54) is 27.8 Å². The third kappa shape index (κ3) is 5.37. The molecule has 0 atom stereocenters. The quantitative estimate of drug-likeness (QED) is 0.361. The van der Waals surface area contributed by atoms with E-state index in [0.717, 1.165) is 51.7 Å². The van der Waals surface area contributed by atoms with Crippen LogP contribution >= 0.6 is 0 Å². The van der Waals surface area contributed by atoms with Crippen molar-refractivity contribution in [2.45, 2.75) is 57.8 Å². The number of hydrogen-bond acceptors (Lipinski definition) is 3. The van der Waals surface area contributed by atoms with Crippen LogP contribution in [0.2, 0.25) is 0 Å². The van der Waals surface area contributed by atoms with Gasteiger partial charge >= 0.3 is 5.97 Å². The van der Waals surface area contributed by atoms with E-state index in [1.807, 2.05) is 0 Å². The molecule has 0 radical (unpaired) electrons. The first-order valence-corrected chi connectivity index (χ1v) is 13.8. The zero-order valence-electron chi connectivity index (χ0n) is 22.5. The molecule has 0 bridgehead atoms. The zero-order valence-corrected chi connectivity index (χ0v) is 22.5. The molecule has 0 spiro atoms. The minimum absolute atomic E-state index is 0.121. The van der Waals surface area contributed by atoms with Crippen LogP contribution in [0, 0.1) is 0 Å². The molecule has 0 aromatic heterocycles. The van der Waals surface area contributed by atoms with Crippen LogP contribution < -0.4 is 0 Å². The maximum atomic E-state index is 12.8. The predicted molar refractivity (Wildman–Crippen MR) is 153 cm³/mol. The lowest BCUT2D eigenvalue weighted by Crippen LogP contribution is -2.32. The summed E-state index contributed by atoms with van der Waals surface area (Å²) in [4.78, 5) is 26.7. The Morgan fingerprint density at radius 2 is 1.34 bits per heavy atom. The van der Waals surface area contributed by atoms with E-state index in [4.69, 9.17) is 0 Å². The van der Waals surface area contributed by atoms with E-state index in [1.54, 1.807) is 43.7 Å². The van der Waals surface area contributed by atoms with E-state index in [9.17, 15) is 14.7 Å². The standard InChI is InChI=1S/C34H37NO3/c1-34(2,33(37)38)28-17-15-26(16-18-28)31(36)12-7-21-35-22-19-27(20-23-35)32-29-10-5-3-8-24(29)13-14-25-9-4-6-11-30(25)32/h3-6,8-11,15-18H,7,12-14,19-23H2,1-2H3,(H,37,38). The number of fused-ring (bicyclic) bond motifs is 2. The smallest absolute Gasteiger partial charge is 0.313 e. The van der Waals surface area contributed by atoms with E-state index < -0.39 is 11.4 Å². The Bertz CT molecular complexity index is 1310. The summed E-state index contributed by atoms with van der Waals surface area (Å²) in [5, 5.41) is 9.43. The van der Waals surface area contributed by atoms with Crippen molar-refractivity contribution in [3.8, 4) is 0 Å². The number of nitrogens with zero attached hydrogens (tertiary/aromatic N) is 1. The van der Waals surface area contributed by atoms with Crippen molar-refractivity contribution < 1.29 is 14.7 Å². The Morgan fingerprint density at radius 3 is 1.89 bits per heavy atom. The number of carboxylic acids is 1. The van der Waals surface area contributed by atoms with Crippen LogP contribution in [0.4, 0.5) is 0 Å². The van der Waals surface area contributed by atoms with Gasteiger partial charge in [0.2, 0.25) is 0 Å². The number of benzene rings is 3. The molecule has 38 heavy (non-hydrogen) atoms. The number of aryl methyl sites for hydroxylation is 2. The van der Waals surface area contributed by atoms with Crippen LogP contribution in [-0.2, 0) is 23.1 Å². The number of carboxylic acid groups (broad SMARTS) is 1. The number of hydrogen-bond donors (Lipinski definition) is 1. The van der Waals surface area contributed by atoms with Crippen LogP contribution in [0.25, 0.3) is 5.57 Å². The Hall–Kier alpha value is -3.50. The maximum Gasteiger partial charge on any atom is 0.313 e. The molecule has 2 aliphatic rings. The minimum Gasteiger partial charge on any atom is -0.481 e. The first-order valence-electron chi connectivity index (χ1n) is 13.8. The number of aliphatic carboxylic acids is 1. The second-order valence-electron chi connectivity index (χ2n) is 11.2. The normalized spacial score (nSPS) is 15.9. The fourth-order valence-electron chi connectivity index (χ4n) is 5.86. The van der Waals surface area contributed by atoms with Gasteiger partial charge in [0.1, 0.15) is 0 Å². The average Bonchev–Trinajstić information content (AvgIpc) is 3.10. The number of likely N-dealkylation sites (tertiary alicyclic amines) is 1. The number of carbonyl (C=O) groups excluding carboxylic acids is 1. The van der Waals surface area contributed by atoms with Gasteiger partial charge in [-0.15, -0.1) is 0 Å². The number of piperidine rings is 1. The molecule has 0 saturated carbocycles. The molecule has 1 heterocycles. The lowest BCUT2D eigenvalue weighted by molar-refractivity contribution is -0.142. The van der Waals surface area contributed by atoms with Crippen molar-refractivity contribution in [2.24, 2.45) is 0 Å². The molecule has 1 aliphatic heterocycles. The van der Waals surface area contributed by atoms with Gasteiger partial charge in [0, 0.05) is 25.1 Å². The first kappa shape index (κ1) is 26.1. The van der Waals surface area contributed by atoms with Gasteiger partial charge < -0.3 is 10.0 Å². The Balaban J connectivity index is 1.20. The maximum absolute atomic E-state index is 12.8. The average molecular weight is 508 g/mol. The van der Waals surface area contributed by atoms with Gasteiger partial charge in [-0.1, -0.05) is 78.4 Å². The van der Waals surface area contributed by atoms with E-state index in [0.29, 0.717) is 17.5 Å². The van der Waals surface area contributed by atoms with Crippen molar-refractivity contribution in [1.82, 2.24) is 4.90 Å². The highest BCUT2D eigenvalue weighted by molar-refractivity contribution is 5.96. The topological polar surface area (TPSA) is 57.6 Å². The van der Waals surface area contributed by atoms with Crippen LogP contribution in [0.1, 0.15) is 77.7 Å². The second-order valence-corrected chi connectivity index (χ2v) is 11.2. The molecule has 1 saturated heterocycles. The summed E-state index contributed by atoms with van der Waals surface area (Å²) in [6.07, 6.45) is 5.64. The zero-order chi connectivity index (χ0) is 26.7. The van der Waals surface area contributed by atoms with Crippen LogP contribution in [0.15, 0.2) is 78.4 Å². The lowest BCUT2D eigenvalue weighted by atomic mass is 9.84. The van der Waals surface area contributed by atoms with Crippen molar-refractivity contribution in [2.75, 3.05) is 19.6 Å². The second kappa shape index (κ2) is 11.1. The Morgan fingerprint density at radius 1 is 0.789 bits per heavy atom. The third-order valence-electron chi connectivity index (χ3n) is 8.39. The Kier molecular flexibility index (Phi) is 7.62. The van der Waals surface area contributed by atoms with Crippen LogP contribution in [-0.4, -0.2) is 41.4 Å². The molecule has 0 unspecified atom stereocenters. The van der Waals surface area contributed by atoms with Gasteiger partial charge in [0.05, 0.1) is 5.41 Å². The SMILES string of the molecule is CC(C)(C(=O)O)c1ccc(C(=O)CCCN2CCC(=C3c4ccccc4CCc4ccccc43)CC2)cc1. The minimum atomic E-state index is -0.967. The fourth-order valence-corrected chi connectivity index (χ4v) is 5.86. The largest absolute Gasteiger partial charge is 0.481 e. The fraction of sp³-hybridized carbons (Fsp3) is 0.353. The van der Waals surface area contributed by atoms with Crippen molar-refractivity contribution in [3.63, 3.8) is 0 Å².